The van der Waals surface area contributed by atoms with Crippen LogP contribution in [0.5, 0.6) is 0 Å². The number of hydrogen-bond acceptors (Lipinski definition) is 6. The zero-order chi connectivity index (χ0) is 51.4. The predicted octanol–water partition coefficient (Wildman–Crippen LogP) is 19.4. The SMILES string of the molecule is CC/C=C\C/C=C\C/C=C\C/C=C\C/C=C\C/C=C\C/C=C\C/C=C\CCCCCCCCCCC(=O)OCC(COC(=O)CCCCCCCCC)OC(=O)CCCCC/C=C\C/C=C\C/C=C\CC. The van der Waals surface area contributed by atoms with Crippen molar-refractivity contribution in [1.29, 1.82) is 0 Å². The van der Waals surface area contributed by atoms with Crippen molar-refractivity contribution in [2.24, 2.45) is 0 Å². The lowest BCUT2D eigenvalue weighted by molar-refractivity contribution is -0.167. The molecule has 1 unspecified atom stereocenters. The van der Waals surface area contributed by atoms with E-state index in [1.807, 2.05) is 0 Å². The minimum Gasteiger partial charge on any atom is -0.462 e. The van der Waals surface area contributed by atoms with Gasteiger partial charge in [-0.1, -0.05) is 238 Å². The number of allylic oxidation sites excluding steroid dienone is 22. The number of carbonyl (C=O) groups is 3. The van der Waals surface area contributed by atoms with Gasteiger partial charge in [-0.25, -0.2) is 0 Å². The van der Waals surface area contributed by atoms with Gasteiger partial charge >= 0.3 is 17.9 Å². The van der Waals surface area contributed by atoms with E-state index in [4.69, 9.17) is 14.2 Å². The first-order chi connectivity index (χ1) is 35.0. The third-order valence-electron chi connectivity index (χ3n) is 11.7. The summed E-state index contributed by atoms with van der Waals surface area (Å²) in [5.41, 5.74) is 0. The van der Waals surface area contributed by atoms with Crippen molar-refractivity contribution in [2.45, 2.75) is 245 Å². The molecule has 0 amide bonds. The summed E-state index contributed by atoms with van der Waals surface area (Å²) in [6, 6.07) is 0. The molecule has 0 saturated carbocycles. The van der Waals surface area contributed by atoms with Gasteiger partial charge in [0.05, 0.1) is 0 Å². The van der Waals surface area contributed by atoms with Crippen LogP contribution < -0.4 is 0 Å². The van der Waals surface area contributed by atoms with Gasteiger partial charge in [-0.2, -0.15) is 0 Å². The molecule has 0 spiro atoms. The molecule has 0 radical (unpaired) electrons. The first-order valence-corrected chi connectivity index (χ1v) is 28.7. The highest BCUT2D eigenvalue weighted by Crippen LogP contribution is 2.14. The van der Waals surface area contributed by atoms with Gasteiger partial charge in [-0.15, -0.1) is 0 Å². The fraction of sp³-hybridized carbons (Fsp3) is 0.615. The molecule has 0 N–H and O–H groups in total. The number of rotatable bonds is 50. The van der Waals surface area contributed by atoms with Crippen molar-refractivity contribution in [3.05, 3.63) is 134 Å². The summed E-state index contributed by atoms with van der Waals surface area (Å²) in [7, 11) is 0. The lowest BCUT2D eigenvalue weighted by Gasteiger charge is -2.18. The van der Waals surface area contributed by atoms with E-state index >= 15 is 0 Å². The molecule has 0 saturated heterocycles. The minimum atomic E-state index is -0.796. The van der Waals surface area contributed by atoms with Crippen molar-refractivity contribution in [1.82, 2.24) is 0 Å². The molecule has 6 heteroatoms. The molecule has 1 atom stereocenters. The van der Waals surface area contributed by atoms with E-state index in [1.54, 1.807) is 0 Å². The normalized spacial score (nSPS) is 13.1. The Labute approximate surface area is 436 Å². The van der Waals surface area contributed by atoms with Crippen molar-refractivity contribution in [2.75, 3.05) is 13.2 Å². The summed E-state index contributed by atoms with van der Waals surface area (Å²) in [5, 5.41) is 0. The van der Waals surface area contributed by atoms with E-state index in [1.165, 1.54) is 57.8 Å². The topological polar surface area (TPSA) is 78.9 Å². The molecule has 0 aromatic carbocycles. The van der Waals surface area contributed by atoms with E-state index in [0.29, 0.717) is 12.8 Å². The Bertz CT molecular complexity index is 1550. The van der Waals surface area contributed by atoms with Crippen molar-refractivity contribution < 1.29 is 28.6 Å². The molecule has 6 nitrogen and oxygen atoms in total. The van der Waals surface area contributed by atoms with Crippen LogP contribution in [0.4, 0.5) is 0 Å². The Morgan fingerprint density at radius 2 is 0.549 bits per heavy atom. The fourth-order valence-corrected chi connectivity index (χ4v) is 7.41. The van der Waals surface area contributed by atoms with Crippen molar-refractivity contribution in [3.63, 3.8) is 0 Å². The minimum absolute atomic E-state index is 0.0948. The summed E-state index contributed by atoms with van der Waals surface area (Å²) >= 11 is 0. The van der Waals surface area contributed by atoms with E-state index in [0.717, 1.165) is 141 Å². The Kier molecular flexibility index (Phi) is 54.5. The lowest BCUT2D eigenvalue weighted by atomic mass is 10.1. The molecule has 0 aliphatic rings. The molecule has 0 aromatic rings. The molecular formula is C65H104O6. The maximum absolute atomic E-state index is 12.7. The van der Waals surface area contributed by atoms with E-state index in [-0.39, 0.29) is 37.5 Å². The number of carbonyl (C=O) groups excluding carboxylic acids is 3. The summed E-state index contributed by atoms with van der Waals surface area (Å²) < 4.78 is 16.7. The van der Waals surface area contributed by atoms with Crippen molar-refractivity contribution in [3.8, 4) is 0 Å². The maximum Gasteiger partial charge on any atom is 0.306 e. The second kappa shape index (κ2) is 58.1. The molecule has 0 fully saturated rings. The number of hydrogen-bond donors (Lipinski definition) is 0. The zero-order valence-corrected chi connectivity index (χ0v) is 45.7. The molecule has 0 aromatic heterocycles. The van der Waals surface area contributed by atoms with Gasteiger partial charge in [0.25, 0.3) is 0 Å². The second-order valence-electron chi connectivity index (χ2n) is 18.4. The predicted molar refractivity (Wildman–Crippen MR) is 306 cm³/mol. The summed E-state index contributed by atoms with van der Waals surface area (Å²) in [6.45, 7) is 6.32. The molecule has 0 heterocycles. The van der Waals surface area contributed by atoms with Crippen LogP contribution in [0.25, 0.3) is 0 Å². The van der Waals surface area contributed by atoms with Crippen LogP contribution in [0.15, 0.2) is 134 Å². The van der Waals surface area contributed by atoms with Crippen LogP contribution in [0, 0.1) is 0 Å². The Morgan fingerprint density at radius 1 is 0.296 bits per heavy atom. The van der Waals surface area contributed by atoms with Gasteiger partial charge in [0.2, 0.25) is 0 Å². The molecule has 400 valence electrons. The molecule has 0 aliphatic carbocycles. The van der Waals surface area contributed by atoms with E-state index in [2.05, 4.69) is 154 Å². The number of ether oxygens (including phenoxy) is 3. The van der Waals surface area contributed by atoms with Crippen LogP contribution in [0.1, 0.15) is 239 Å². The third kappa shape index (κ3) is 56.3. The quantitative estimate of drug-likeness (QED) is 0.0262. The van der Waals surface area contributed by atoms with Gasteiger partial charge in [-0.05, 0) is 116 Å². The molecule has 0 bridgehead atoms. The Balaban J connectivity index is 4.15. The second-order valence-corrected chi connectivity index (χ2v) is 18.4. The van der Waals surface area contributed by atoms with Gasteiger partial charge in [0.15, 0.2) is 6.10 Å². The average molecular weight is 982 g/mol. The van der Waals surface area contributed by atoms with Crippen molar-refractivity contribution >= 4 is 17.9 Å². The molecule has 71 heavy (non-hydrogen) atoms. The molecular weight excluding hydrogens is 877 g/mol. The zero-order valence-electron chi connectivity index (χ0n) is 45.7. The fourth-order valence-electron chi connectivity index (χ4n) is 7.41. The van der Waals surface area contributed by atoms with E-state index < -0.39 is 6.10 Å². The molecule has 0 rings (SSSR count). The third-order valence-corrected chi connectivity index (χ3v) is 11.7. The van der Waals surface area contributed by atoms with Crippen LogP contribution in [0.2, 0.25) is 0 Å². The highest BCUT2D eigenvalue weighted by atomic mass is 16.6. The monoisotopic (exact) mass is 981 g/mol. The van der Waals surface area contributed by atoms with Crippen LogP contribution >= 0.6 is 0 Å². The van der Waals surface area contributed by atoms with Gasteiger partial charge in [0, 0.05) is 19.3 Å². The van der Waals surface area contributed by atoms with Gasteiger partial charge < -0.3 is 14.2 Å². The smallest absolute Gasteiger partial charge is 0.306 e. The highest BCUT2D eigenvalue weighted by Gasteiger charge is 2.19. The highest BCUT2D eigenvalue weighted by molar-refractivity contribution is 5.71. The van der Waals surface area contributed by atoms with E-state index in [9.17, 15) is 14.4 Å². The maximum atomic E-state index is 12.7. The van der Waals surface area contributed by atoms with Crippen LogP contribution in [-0.2, 0) is 28.6 Å². The Morgan fingerprint density at radius 3 is 0.873 bits per heavy atom. The Hall–Kier alpha value is -4.45. The first-order valence-electron chi connectivity index (χ1n) is 28.7. The van der Waals surface area contributed by atoms with Crippen LogP contribution in [0.3, 0.4) is 0 Å². The summed E-state index contributed by atoms with van der Waals surface area (Å²) in [6.07, 6.45) is 81.9. The number of unbranched alkanes of at least 4 members (excludes halogenated alkanes) is 17. The standard InChI is InChI=1S/C65H104O6/c1-4-7-10-13-16-18-20-22-23-24-25-26-27-28-29-30-31-32-33-34-35-36-37-38-39-40-41-43-44-46-49-52-55-58-64(67)70-61-62(60-69-63(66)57-54-51-48-15-12-9-6-3)71-65(68)59-56-53-50-47-45-42-21-19-17-14-11-8-5-2/h7-8,10-11,16-19,22-23,25-26,28-29,31-32,34-35,37-38,42,45,62H,4-6,9,12-15,20-21,24,27,30,33,36,39-41,43-44,46-61H2,1-3H3/b10-7-,11-8-,18-16-,19-17-,23-22-,26-25-,29-28-,32-31-,35-34-,38-37-,45-42-. The number of esters is 3. The van der Waals surface area contributed by atoms with Crippen LogP contribution in [-0.4, -0.2) is 37.2 Å². The summed E-state index contributed by atoms with van der Waals surface area (Å²) in [4.78, 5) is 37.8. The average Bonchev–Trinajstić information content (AvgIpc) is 3.37. The van der Waals surface area contributed by atoms with Gasteiger partial charge in [-0.3, -0.25) is 14.4 Å². The van der Waals surface area contributed by atoms with Gasteiger partial charge in [0.1, 0.15) is 13.2 Å². The largest absolute Gasteiger partial charge is 0.462 e. The molecule has 0 aliphatic heterocycles. The first kappa shape index (κ1) is 66.6. The lowest BCUT2D eigenvalue weighted by Crippen LogP contribution is -2.30. The summed E-state index contributed by atoms with van der Waals surface area (Å²) in [5.74, 6) is -0.947.